The number of hydrogen-bond donors (Lipinski definition) is 2. The number of rotatable bonds is 6. The van der Waals surface area contributed by atoms with Gasteiger partial charge >= 0.3 is 0 Å². The van der Waals surface area contributed by atoms with Crippen LogP contribution in [0.2, 0.25) is 0 Å². The summed E-state index contributed by atoms with van der Waals surface area (Å²) in [7, 11) is 0. The summed E-state index contributed by atoms with van der Waals surface area (Å²) in [4.78, 5) is 35.8. The van der Waals surface area contributed by atoms with E-state index in [1.54, 1.807) is 18.7 Å². The number of anilines is 1. The van der Waals surface area contributed by atoms with Crippen molar-refractivity contribution in [1.82, 2.24) is 34.8 Å². The molecule has 2 N–H and O–H groups in total. The molecule has 0 spiro atoms. The van der Waals surface area contributed by atoms with Crippen LogP contribution in [-0.2, 0) is 16.9 Å². The highest BCUT2D eigenvalue weighted by atomic mass is 16.2. The Bertz CT molecular complexity index is 1460. The molecule has 1 fully saturated rings. The minimum atomic E-state index is -0.799. The first-order valence-corrected chi connectivity index (χ1v) is 12.1. The van der Waals surface area contributed by atoms with Gasteiger partial charge in [0.1, 0.15) is 34.7 Å². The molecule has 6 rings (SSSR count). The summed E-state index contributed by atoms with van der Waals surface area (Å²) in [6.07, 6.45) is 7.57. The van der Waals surface area contributed by atoms with Gasteiger partial charge in [-0.15, -0.1) is 0 Å². The fourth-order valence-corrected chi connectivity index (χ4v) is 5.07. The summed E-state index contributed by atoms with van der Waals surface area (Å²) in [5.41, 5.74) is 4.89. The van der Waals surface area contributed by atoms with Crippen molar-refractivity contribution in [2.45, 2.75) is 58.7 Å². The molecule has 0 saturated heterocycles. The second-order valence-corrected chi connectivity index (χ2v) is 9.70. The summed E-state index contributed by atoms with van der Waals surface area (Å²) in [5.74, 6) is 2.08. The highest BCUT2D eigenvalue weighted by Gasteiger charge is 2.45. The van der Waals surface area contributed by atoms with Crippen molar-refractivity contribution < 1.29 is 4.79 Å². The molecule has 35 heavy (non-hydrogen) atoms. The fourth-order valence-electron chi connectivity index (χ4n) is 5.07. The molecule has 2 unspecified atom stereocenters. The van der Waals surface area contributed by atoms with Crippen LogP contribution in [0.15, 0.2) is 36.9 Å². The number of carbonyl (C=O) groups excluding carboxylic acids is 1. The third-order valence-corrected chi connectivity index (χ3v) is 7.27. The predicted molar refractivity (Wildman–Crippen MR) is 133 cm³/mol. The molecule has 2 atom stereocenters. The Labute approximate surface area is 203 Å². The summed E-state index contributed by atoms with van der Waals surface area (Å²) >= 11 is 0. The fraction of sp³-hybridized carbons (Fsp3) is 0.385. The van der Waals surface area contributed by atoms with Crippen molar-refractivity contribution in [3.8, 4) is 22.6 Å². The largest absolute Gasteiger partial charge is 0.324 e. The number of amides is 1. The van der Waals surface area contributed by atoms with E-state index in [1.165, 1.54) is 12.8 Å². The number of hydrogen-bond acceptors (Lipinski definition) is 7. The highest BCUT2D eigenvalue weighted by molar-refractivity contribution is 6.06. The molecule has 1 aliphatic heterocycles. The number of nitrogens with one attached hydrogen (secondary N) is 2. The SMILES string of the molecule is CCn1c(-c2cnc(C)nc2)nc2c(-c3ccc4c(c3)C(C)(NC(C)C3CC3)C(=O)N4)ncnc21. The molecule has 9 heteroatoms. The van der Waals surface area contributed by atoms with Crippen molar-refractivity contribution in [1.29, 1.82) is 0 Å². The molecule has 1 saturated carbocycles. The van der Waals surface area contributed by atoms with E-state index in [9.17, 15) is 4.79 Å². The topological polar surface area (TPSA) is 111 Å². The lowest BCUT2D eigenvalue weighted by atomic mass is 9.90. The summed E-state index contributed by atoms with van der Waals surface area (Å²) in [6.45, 7) is 8.75. The maximum absolute atomic E-state index is 13.0. The van der Waals surface area contributed by atoms with E-state index in [1.807, 2.05) is 26.0 Å². The van der Waals surface area contributed by atoms with Gasteiger partial charge in [0, 0.05) is 41.8 Å². The van der Waals surface area contributed by atoms with E-state index >= 15 is 0 Å². The van der Waals surface area contributed by atoms with E-state index in [-0.39, 0.29) is 11.9 Å². The van der Waals surface area contributed by atoms with Gasteiger partial charge in [0.25, 0.3) is 0 Å². The molecule has 3 aromatic heterocycles. The molecule has 4 heterocycles. The van der Waals surface area contributed by atoms with E-state index in [4.69, 9.17) is 4.98 Å². The maximum Gasteiger partial charge on any atom is 0.249 e. The highest BCUT2D eigenvalue weighted by Crippen LogP contribution is 2.41. The number of nitrogens with zero attached hydrogens (tertiary/aromatic N) is 6. The minimum absolute atomic E-state index is 0.0260. The number of aromatic nitrogens is 6. The Balaban J connectivity index is 1.47. The predicted octanol–water partition coefficient (Wildman–Crippen LogP) is 3.83. The van der Waals surface area contributed by atoms with Gasteiger partial charge in [-0.05, 0) is 58.6 Å². The van der Waals surface area contributed by atoms with Gasteiger partial charge in [-0.1, -0.05) is 6.07 Å². The first-order valence-electron chi connectivity index (χ1n) is 12.1. The van der Waals surface area contributed by atoms with E-state index in [0.29, 0.717) is 23.8 Å². The molecular formula is C26H28N8O. The van der Waals surface area contributed by atoms with Crippen LogP contribution in [0.4, 0.5) is 5.69 Å². The Morgan fingerprint density at radius 3 is 2.66 bits per heavy atom. The average Bonchev–Trinajstić information content (AvgIpc) is 3.60. The standard InChI is InChI=1S/C26H28N8O/c1-5-34-23(18-11-27-15(3)28-12-18)32-22-21(29-13-30-24(22)34)17-8-9-20-19(10-17)26(4,25(35)31-20)33-14(2)16-6-7-16/h8-14,16,33H,5-7H2,1-4H3,(H,31,35). The van der Waals surface area contributed by atoms with Gasteiger partial charge in [0.05, 0.1) is 5.56 Å². The minimum Gasteiger partial charge on any atom is -0.324 e. The third-order valence-electron chi connectivity index (χ3n) is 7.27. The summed E-state index contributed by atoms with van der Waals surface area (Å²) in [5, 5.41) is 6.66. The van der Waals surface area contributed by atoms with E-state index < -0.39 is 5.54 Å². The zero-order valence-electron chi connectivity index (χ0n) is 20.3. The van der Waals surface area contributed by atoms with Crippen molar-refractivity contribution in [3.05, 3.63) is 48.3 Å². The zero-order valence-corrected chi connectivity index (χ0v) is 20.3. The number of fused-ring (bicyclic) bond motifs is 2. The smallest absolute Gasteiger partial charge is 0.249 e. The van der Waals surface area contributed by atoms with Crippen LogP contribution in [0.5, 0.6) is 0 Å². The van der Waals surface area contributed by atoms with E-state index in [2.05, 4.69) is 55.1 Å². The number of carbonyl (C=O) groups is 1. The van der Waals surface area contributed by atoms with Crippen molar-refractivity contribution in [2.75, 3.05) is 5.32 Å². The quantitative estimate of drug-likeness (QED) is 0.442. The molecule has 0 radical (unpaired) electrons. The van der Waals surface area contributed by atoms with Gasteiger partial charge < -0.3 is 9.88 Å². The van der Waals surface area contributed by atoms with Crippen molar-refractivity contribution >= 4 is 22.8 Å². The van der Waals surface area contributed by atoms with Gasteiger partial charge in [0.15, 0.2) is 5.65 Å². The average molecular weight is 469 g/mol. The maximum atomic E-state index is 13.0. The lowest BCUT2D eigenvalue weighted by Crippen LogP contribution is -2.50. The van der Waals surface area contributed by atoms with Crippen LogP contribution in [0, 0.1) is 12.8 Å². The van der Waals surface area contributed by atoms with Gasteiger partial charge in [0.2, 0.25) is 5.91 Å². The van der Waals surface area contributed by atoms with E-state index in [0.717, 1.165) is 39.5 Å². The van der Waals surface area contributed by atoms with Crippen LogP contribution in [-0.4, -0.2) is 41.4 Å². The Kier molecular flexibility index (Phi) is 4.93. The molecule has 4 aromatic rings. The Morgan fingerprint density at radius 1 is 1.17 bits per heavy atom. The first-order chi connectivity index (χ1) is 16.9. The van der Waals surface area contributed by atoms with Crippen molar-refractivity contribution in [3.63, 3.8) is 0 Å². The molecule has 0 bridgehead atoms. The number of benzene rings is 1. The van der Waals surface area contributed by atoms with Gasteiger partial charge in [-0.25, -0.2) is 24.9 Å². The Hall–Kier alpha value is -3.72. The Morgan fingerprint density at radius 2 is 1.94 bits per heavy atom. The number of aryl methyl sites for hydroxylation is 2. The van der Waals surface area contributed by atoms with Gasteiger partial charge in [-0.3, -0.25) is 10.1 Å². The van der Waals surface area contributed by atoms with Crippen LogP contribution in [0.3, 0.4) is 0 Å². The molecule has 1 aromatic carbocycles. The molecule has 178 valence electrons. The second kappa shape index (κ2) is 7.91. The summed E-state index contributed by atoms with van der Waals surface area (Å²) in [6, 6.07) is 6.26. The molecule has 1 aliphatic carbocycles. The molecule has 9 nitrogen and oxygen atoms in total. The molecule has 2 aliphatic rings. The summed E-state index contributed by atoms with van der Waals surface area (Å²) < 4.78 is 2.05. The van der Waals surface area contributed by atoms with Crippen molar-refractivity contribution in [2.24, 2.45) is 5.92 Å². The number of imidazole rings is 1. The second-order valence-electron chi connectivity index (χ2n) is 9.70. The lowest BCUT2D eigenvalue weighted by molar-refractivity contribution is -0.121. The van der Waals surface area contributed by atoms with Crippen LogP contribution < -0.4 is 10.6 Å². The zero-order chi connectivity index (χ0) is 24.3. The molecule has 1 amide bonds. The third kappa shape index (κ3) is 3.49. The monoisotopic (exact) mass is 468 g/mol. The van der Waals surface area contributed by atoms with Gasteiger partial charge in [-0.2, -0.15) is 0 Å². The lowest BCUT2D eigenvalue weighted by Gasteiger charge is -2.28. The van der Waals surface area contributed by atoms with Crippen LogP contribution >= 0.6 is 0 Å². The van der Waals surface area contributed by atoms with Crippen LogP contribution in [0.1, 0.15) is 45.0 Å². The van der Waals surface area contributed by atoms with Crippen LogP contribution in [0.25, 0.3) is 33.8 Å². The normalized spacial score (nSPS) is 20.2. The molecular weight excluding hydrogens is 440 g/mol. The first kappa shape index (κ1) is 21.8.